The maximum absolute atomic E-state index is 12.0. The van der Waals surface area contributed by atoms with E-state index in [0.29, 0.717) is 22.7 Å². The number of ether oxygens (including phenoxy) is 1. The standard InChI is InChI=1S/C13H13N3O4/c1-8-11(6-14-16-8)13(19)15-9-3-2-4-10(5-9)20-7-12(17)18/h2-6H,7H2,1H3,(H,14,16)(H,15,19)(H,17,18). The Kier molecular flexibility index (Phi) is 3.99. The average Bonchev–Trinajstić information content (AvgIpc) is 2.83. The van der Waals surface area contributed by atoms with Gasteiger partial charge in [0, 0.05) is 17.4 Å². The summed E-state index contributed by atoms with van der Waals surface area (Å²) in [5, 5.41) is 17.7. The Morgan fingerprint density at radius 1 is 1.45 bits per heavy atom. The van der Waals surface area contributed by atoms with Crippen LogP contribution in [0.3, 0.4) is 0 Å². The van der Waals surface area contributed by atoms with Crippen LogP contribution in [0.5, 0.6) is 5.75 Å². The van der Waals surface area contributed by atoms with Crippen LogP contribution in [0.15, 0.2) is 30.5 Å². The van der Waals surface area contributed by atoms with Gasteiger partial charge in [0.05, 0.1) is 11.8 Å². The summed E-state index contributed by atoms with van der Waals surface area (Å²) < 4.78 is 5.03. The molecule has 1 amide bonds. The third-order valence-electron chi connectivity index (χ3n) is 2.53. The number of benzene rings is 1. The maximum Gasteiger partial charge on any atom is 0.341 e. The van der Waals surface area contributed by atoms with E-state index in [4.69, 9.17) is 9.84 Å². The fourth-order valence-corrected chi connectivity index (χ4v) is 1.59. The van der Waals surface area contributed by atoms with Gasteiger partial charge in [0.25, 0.3) is 5.91 Å². The molecule has 2 rings (SSSR count). The molecule has 1 aromatic heterocycles. The van der Waals surface area contributed by atoms with Gasteiger partial charge in [0.15, 0.2) is 6.61 Å². The number of carbonyl (C=O) groups excluding carboxylic acids is 1. The quantitative estimate of drug-likeness (QED) is 0.765. The predicted molar refractivity (Wildman–Crippen MR) is 70.9 cm³/mol. The fourth-order valence-electron chi connectivity index (χ4n) is 1.59. The molecule has 0 radical (unpaired) electrons. The molecule has 7 heteroatoms. The number of aliphatic carboxylic acids is 1. The number of H-pyrrole nitrogens is 1. The number of hydrogen-bond acceptors (Lipinski definition) is 4. The van der Waals surface area contributed by atoms with Crippen molar-refractivity contribution in [3.05, 3.63) is 41.7 Å². The second-order valence-electron chi connectivity index (χ2n) is 4.07. The van der Waals surface area contributed by atoms with Gasteiger partial charge in [-0.3, -0.25) is 9.89 Å². The molecule has 0 atom stereocenters. The van der Waals surface area contributed by atoms with E-state index in [1.54, 1.807) is 31.2 Å². The minimum Gasteiger partial charge on any atom is -0.482 e. The summed E-state index contributed by atoms with van der Waals surface area (Å²) in [7, 11) is 0. The van der Waals surface area contributed by atoms with Gasteiger partial charge in [0.1, 0.15) is 5.75 Å². The number of hydrogen-bond donors (Lipinski definition) is 3. The Hall–Kier alpha value is -2.83. The van der Waals surface area contributed by atoms with Crippen molar-refractivity contribution < 1.29 is 19.4 Å². The summed E-state index contributed by atoms with van der Waals surface area (Å²) in [5.41, 5.74) is 1.63. The third-order valence-corrected chi connectivity index (χ3v) is 2.53. The topological polar surface area (TPSA) is 104 Å². The predicted octanol–water partition coefficient (Wildman–Crippen LogP) is 1.43. The first-order valence-corrected chi connectivity index (χ1v) is 5.82. The van der Waals surface area contributed by atoms with Crippen molar-refractivity contribution in [1.82, 2.24) is 10.2 Å². The van der Waals surface area contributed by atoms with E-state index in [0.717, 1.165) is 0 Å². The lowest BCUT2D eigenvalue weighted by molar-refractivity contribution is -0.139. The molecule has 0 aliphatic heterocycles. The van der Waals surface area contributed by atoms with Gasteiger partial charge < -0.3 is 15.2 Å². The molecule has 3 N–H and O–H groups in total. The van der Waals surface area contributed by atoms with E-state index in [1.807, 2.05) is 0 Å². The summed E-state index contributed by atoms with van der Waals surface area (Å²) in [4.78, 5) is 22.4. The number of nitrogens with zero attached hydrogens (tertiary/aromatic N) is 1. The summed E-state index contributed by atoms with van der Waals surface area (Å²) in [6, 6.07) is 6.51. The summed E-state index contributed by atoms with van der Waals surface area (Å²) in [6.45, 7) is 1.31. The van der Waals surface area contributed by atoms with Gasteiger partial charge in [-0.15, -0.1) is 0 Å². The van der Waals surface area contributed by atoms with Crippen molar-refractivity contribution >= 4 is 17.6 Å². The Morgan fingerprint density at radius 3 is 2.90 bits per heavy atom. The molecular formula is C13H13N3O4. The minimum absolute atomic E-state index is 0.299. The first-order valence-electron chi connectivity index (χ1n) is 5.82. The molecular weight excluding hydrogens is 262 g/mol. The Labute approximate surface area is 114 Å². The number of rotatable bonds is 5. The second-order valence-corrected chi connectivity index (χ2v) is 4.07. The largest absolute Gasteiger partial charge is 0.482 e. The first-order chi connectivity index (χ1) is 9.56. The average molecular weight is 275 g/mol. The molecule has 0 fully saturated rings. The van der Waals surface area contributed by atoms with E-state index < -0.39 is 12.6 Å². The molecule has 0 unspecified atom stereocenters. The van der Waals surface area contributed by atoms with Crippen LogP contribution in [0, 0.1) is 6.92 Å². The van der Waals surface area contributed by atoms with Crippen LogP contribution in [0.2, 0.25) is 0 Å². The number of carbonyl (C=O) groups is 2. The molecule has 20 heavy (non-hydrogen) atoms. The highest BCUT2D eigenvalue weighted by Gasteiger charge is 2.11. The first kappa shape index (κ1) is 13.6. The smallest absolute Gasteiger partial charge is 0.341 e. The highest BCUT2D eigenvalue weighted by molar-refractivity contribution is 6.04. The van der Waals surface area contributed by atoms with Crippen LogP contribution >= 0.6 is 0 Å². The normalized spacial score (nSPS) is 10.1. The fraction of sp³-hybridized carbons (Fsp3) is 0.154. The molecule has 0 spiro atoms. The summed E-state index contributed by atoms with van der Waals surface area (Å²) in [6.07, 6.45) is 1.44. The molecule has 0 aliphatic rings. The zero-order chi connectivity index (χ0) is 14.5. The zero-order valence-corrected chi connectivity index (χ0v) is 10.7. The molecule has 0 saturated heterocycles. The van der Waals surface area contributed by atoms with Crippen LogP contribution in [-0.2, 0) is 4.79 Å². The lowest BCUT2D eigenvalue weighted by Gasteiger charge is -2.07. The van der Waals surface area contributed by atoms with E-state index in [2.05, 4.69) is 15.5 Å². The van der Waals surface area contributed by atoms with E-state index in [-0.39, 0.29) is 5.91 Å². The maximum atomic E-state index is 12.0. The van der Waals surface area contributed by atoms with Gasteiger partial charge >= 0.3 is 5.97 Å². The van der Waals surface area contributed by atoms with Crippen molar-refractivity contribution in [2.24, 2.45) is 0 Å². The Morgan fingerprint density at radius 2 is 2.25 bits per heavy atom. The molecule has 7 nitrogen and oxygen atoms in total. The highest BCUT2D eigenvalue weighted by atomic mass is 16.5. The van der Waals surface area contributed by atoms with Crippen LogP contribution in [-0.4, -0.2) is 33.8 Å². The van der Waals surface area contributed by atoms with Crippen LogP contribution < -0.4 is 10.1 Å². The van der Waals surface area contributed by atoms with Crippen molar-refractivity contribution in [3.63, 3.8) is 0 Å². The number of nitrogens with one attached hydrogen (secondary N) is 2. The summed E-state index contributed by atoms with van der Waals surface area (Å²) in [5.74, 6) is -0.991. The molecule has 1 aromatic carbocycles. The number of aromatic amines is 1. The number of anilines is 1. The Bertz CT molecular complexity index is 636. The minimum atomic E-state index is -1.06. The number of amides is 1. The molecule has 2 aromatic rings. The van der Waals surface area contributed by atoms with Crippen molar-refractivity contribution in [3.8, 4) is 5.75 Å². The van der Waals surface area contributed by atoms with Crippen LogP contribution in [0.25, 0.3) is 0 Å². The zero-order valence-electron chi connectivity index (χ0n) is 10.7. The van der Waals surface area contributed by atoms with E-state index >= 15 is 0 Å². The number of carboxylic acid groups (broad SMARTS) is 1. The van der Waals surface area contributed by atoms with Crippen molar-refractivity contribution in [2.45, 2.75) is 6.92 Å². The molecule has 0 aliphatic carbocycles. The Balaban J connectivity index is 2.06. The molecule has 0 bridgehead atoms. The van der Waals surface area contributed by atoms with Gasteiger partial charge in [-0.1, -0.05) is 6.07 Å². The van der Waals surface area contributed by atoms with Gasteiger partial charge in [0.2, 0.25) is 0 Å². The lowest BCUT2D eigenvalue weighted by atomic mass is 10.2. The third kappa shape index (κ3) is 3.35. The van der Waals surface area contributed by atoms with Gasteiger partial charge in [-0.25, -0.2) is 4.79 Å². The molecule has 0 saturated carbocycles. The van der Waals surface area contributed by atoms with Gasteiger partial charge in [-0.2, -0.15) is 5.10 Å². The molecule has 104 valence electrons. The van der Waals surface area contributed by atoms with Crippen LogP contribution in [0.1, 0.15) is 16.1 Å². The van der Waals surface area contributed by atoms with E-state index in [9.17, 15) is 9.59 Å². The van der Waals surface area contributed by atoms with Crippen molar-refractivity contribution in [2.75, 3.05) is 11.9 Å². The number of aryl methyl sites for hydroxylation is 1. The monoisotopic (exact) mass is 275 g/mol. The lowest BCUT2D eigenvalue weighted by Crippen LogP contribution is -2.13. The second kappa shape index (κ2) is 5.87. The SMILES string of the molecule is Cc1[nH]ncc1C(=O)Nc1cccc(OCC(=O)O)c1. The number of carboxylic acids is 1. The number of aromatic nitrogens is 2. The van der Waals surface area contributed by atoms with Gasteiger partial charge in [-0.05, 0) is 19.1 Å². The van der Waals surface area contributed by atoms with Crippen molar-refractivity contribution in [1.29, 1.82) is 0 Å². The molecule has 1 heterocycles. The summed E-state index contributed by atoms with van der Waals surface area (Å²) >= 11 is 0. The van der Waals surface area contributed by atoms with E-state index in [1.165, 1.54) is 6.20 Å². The van der Waals surface area contributed by atoms with Crippen LogP contribution in [0.4, 0.5) is 5.69 Å². The highest BCUT2D eigenvalue weighted by Crippen LogP contribution is 2.18.